The molecule has 1 atom stereocenters. The predicted octanol–water partition coefficient (Wildman–Crippen LogP) is 3.58. The zero-order valence-electron chi connectivity index (χ0n) is 16.9. The molecule has 1 saturated heterocycles. The Labute approximate surface area is 170 Å². The van der Waals surface area contributed by atoms with Gasteiger partial charge in [0.05, 0.1) is 5.39 Å². The summed E-state index contributed by atoms with van der Waals surface area (Å²) < 4.78 is 1.29. The number of rotatable bonds is 4. The Balaban J connectivity index is 1.66. The summed E-state index contributed by atoms with van der Waals surface area (Å²) in [5, 5.41) is 8.92. The van der Waals surface area contributed by atoms with E-state index < -0.39 is 0 Å². The van der Waals surface area contributed by atoms with E-state index in [2.05, 4.69) is 22.2 Å². The lowest BCUT2D eigenvalue weighted by molar-refractivity contribution is -0.117. The number of nitrogens with zero attached hydrogens (tertiary/aromatic N) is 3. The van der Waals surface area contributed by atoms with Crippen molar-refractivity contribution < 1.29 is 4.79 Å². The third-order valence-electron chi connectivity index (χ3n) is 5.43. The zero-order valence-corrected chi connectivity index (χ0v) is 16.9. The van der Waals surface area contributed by atoms with E-state index in [0.717, 1.165) is 36.3 Å². The van der Waals surface area contributed by atoms with Crippen LogP contribution in [0.5, 0.6) is 0 Å². The highest BCUT2D eigenvalue weighted by Gasteiger charge is 2.22. The van der Waals surface area contributed by atoms with Gasteiger partial charge in [0.1, 0.15) is 6.54 Å². The quantitative estimate of drug-likeness (QED) is 0.739. The van der Waals surface area contributed by atoms with Gasteiger partial charge in [-0.1, -0.05) is 42.8 Å². The first kappa shape index (κ1) is 19.2. The molecule has 29 heavy (non-hydrogen) atoms. The van der Waals surface area contributed by atoms with Crippen LogP contribution in [0.25, 0.3) is 10.8 Å². The number of benzene rings is 2. The number of aryl methyl sites for hydroxylation is 1. The molecule has 0 spiro atoms. The summed E-state index contributed by atoms with van der Waals surface area (Å²) in [5.41, 5.74) is 1.59. The highest BCUT2D eigenvalue weighted by Crippen LogP contribution is 2.26. The molecule has 0 aliphatic carbocycles. The maximum atomic E-state index is 13.0. The molecular weight excluding hydrogens is 364 g/mol. The van der Waals surface area contributed by atoms with E-state index in [-0.39, 0.29) is 18.0 Å². The highest BCUT2D eigenvalue weighted by molar-refractivity contribution is 5.93. The van der Waals surface area contributed by atoms with Crippen molar-refractivity contribution in [3.8, 4) is 0 Å². The van der Waals surface area contributed by atoms with Crippen molar-refractivity contribution >= 4 is 28.2 Å². The molecule has 0 unspecified atom stereocenters. The van der Waals surface area contributed by atoms with Crippen LogP contribution in [0.2, 0.25) is 0 Å². The fourth-order valence-corrected chi connectivity index (χ4v) is 3.91. The van der Waals surface area contributed by atoms with Crippen molar-refractivity contribution in [3.63, 3.8) is 0 Å². The van der Waals surface area contributed by atoms with E-state index >= 15 is 0 Å². The maximum absolute atomic E-state index is 13.0. The molecule has 1 amide bonds. The number of anilines is 2. The van der Waals surface area contributed by atoms with Crippen LogP contribution in [0, 0.1) is 12.8 Å². The predicted molar refractivity (Wildman–Crippen MR) is 116 cm³/mol. The SMILES string of the molecule is Cc1ccc(NC(=O)Cn2nc(N3CCC[C@@H](C)C3)c3ccccc3c2=O)cc1. The number of hydrogen-bond acceptors (Lipinski definition) is 4. The Kier molecular flexibility index (Phi) is 5.34. The normalized spacial score (nSPS) is 16.8. The van der Waals surface area contributed by atoms with Gasteiger partial charge in [-0.25, -0.2) is 4.68 Å². The Morgan fingerprint density at radius 1 is 1.14 bits per heavy atom. The van der Waals surface area contributed by atoms with E-state index in [1.165, 1.54) is 11.1 Å². The van der Waals surface area contributed by atoms with Crippen molar-refractivity contribution in [1.82, 2.24) is 9.78 Å². The average Bonchev–Trinajstić information content (AvgIpc) is 2.72. The van der Waals surface area contributed by atoms with Crippen molar-refractivity contribution in [1.29, 1.82) is 0 Å². The van der Waals surface area contributed by atoms with E-state index in [0.29, 0.717) is 17.0 Å². The monoisotopic (exact) mass is 390 g/mol. The Morgan fingerprint density at radius 2 is 1.86 bits per heavy atom. The molecule has 1 aromatic heterocycles. The Morgan fingerprint density at radius 3 is 2.59 bits per heavy atom. The summed E-state index contributed by atoms with van der Waals surface area (Å²) in [5.74, 6) is 1.10. The van der Waals surface area contributed by atoms with Crippen molar-refractivity contribution in [2.75, 3.05) is 23.3 Å². The van der Waals surface area contributed by atoms with Crippen molar-refractivity contribution in [3.05, 3.63) is 64.4 Å². The number of aromatic nitrogens is 2. The molecular formula is C23H26N4O2. The fourth-order valence-electron chi connectivity index (χ4n) is 3.91. The summed E-state index contributed by atoms with van der Waals surface area (Å²) in [6, 6.07) is 15.1. The van der Waals surface area contributed by atoms with Crippen LogP contribution in [0.1, 0.15) is 25.3 Å². The molecule has 0 bridgehead atoms. The number of carbonyl (C=O) groups excluding carboxylic acids is 1. The van der Waals surface area contributed by atoms with E-state index in [1.54, 1.807) is 0 Å². The van der Waals surface area contributed by atoms with Gasteiger partial charge in [-0.05, 0) is 43.9 Å². The third kappa shape index (κ3) is 4.16. The van der Waals surface area contributed by atoms with Gasteiger partial charge in [-0.2, -0.15) is 5.10 Å². The third-order valence-corrected chi connectivity index (χ3v) is 5.43. The Hall–Kier alpha value is -3.15. The lowest BCUT2D eigenvalue weighted by Crippen LogP contribution is -2.38. The first-order valence-corrected chi connectivity index (χ1v) is 10.1. The van der Waals surface area contributed by atoms with Crippen LogP contribution in [0.3, 0.4) is 0 Å². The lowest BCUT2D eigenvalue weighted by atomic mass is 10.00. The number of amides is 1. The zero-order chi connectivity index (χ0) is 20.4. The van der Waals surface area contributed by atoms with Crippen LogP contribution in [-0.4, -0.2) is 28.8 Å². The summed E-state index contributed by atoms with van der Waals surface area (Å²) >= 11 is 0. The largest absolute Gasteiger partial charge is 0.354 e. The minimum Gasteiger partial charge on any atom is -0.354 e. The molecule has 1 fully saturated rings. The first-order chi connectivity index (χ1) is 14.0. The molecule has 0 radical (unpaired) electrons. The van der Waals surface area contributed by atoms with Crippen LogP contribution in [0.4, 0.5) is 11.5 Å². The summed E-state index contributed by atoms with van der Waals surface area (Å²) in [4.78, 5) is 27.8. The first-order valence-electron chi connectivity index (χ1n) is 10.1. The molecule has 1 aliphatic heterocycles. The van der Waals surface area contributed by atoms with E-state index in [9.17, 15) is 9.59 Å². The molecule has 0 saturated carbocycles. The fraction of sp³-hybridized carbons (Fsp3) is 0.348. The van der Waals surface area contributed by atoms with Gasteiger partial charge in [0, 0.05) is 24.2 Å². The standard InChI is InChI=1S/C23H26N4O2/c1-16-9-11-18(12-10-16)24-21(28)15-27-23(29)20-8-4-3-7-19(20)22(25-27)26-13-5-6-17(2)14-26/h3-4,7-12,17H,5-6,13-15H2,1-2H3,(H,24,28)/t17-/m1/s1. The molecule has 2 heterocycles. The molecule has 3 aromatic rings. The van der Waals surface area contributed by atoms with Crippen molar-refractivity contribution in [2.24, 2.45) is 5.92 Å². The molecule has 1 N–H and O–H groups in total. The summed E-state index contributed by atoms with van der Waals surface area (Å²) in [7, 11) is 0. The highest BCUT2D eigenvalue weighted by atomic mass is 16.2. The molecule has 1 aliphatic rings. The second kappa shape index (κ2) is 8.07. The second-order valence-corrected chi connectivity index (χ2v) is 7.94. The lowest BCUT2D eigenvalue weighted by Gasteiger charge is -2.32. The van der Waals surface area contributed by atoms with Gasteiger partial charge >= 0.3 is 0 Å². The van der Waals surface area contributed by atoms with Crippen molar-refractivity contribution in [2.45, 2.75) is 33.2 Å². The summed E-state index contributed by atoms with van der Waals surface area (Å²) in [6.07, 6.45) is 2.30. The number of nitrogens with one attached hydrogen (secondary N) is 1. The molecule has 6 heteroatoms. The maximum Gasteiger partial charge on any atom is 0.275 e. The molecule has 150 valence electrons. The smallest absolute Gasteiger partial charge is 0.275 e. The van der Waals surface area contributed by atoms with Gasteiger partial charge in [0.25, 0.3) is 5.56 Å². The number of fused-ring (bicyclic) bond motifs is 1. The topological polar surface area (TPSA) is 67.2 Å². The number of carbonyl (C=O) groups is 1. The van der Waals surface area contributed by atoms with Crippen LogP contribution in [-0.2, 0) is 11.3 Å². The molecule has 4 rings (SSSR count). The van der Waals surface area contributed by atoms with Gasteiger partial charge in [-0.3, -0.25) is 9.59 Å². The van der Waals surface area contributed by atoms with Gasteiger partial charge in [0.15, 0.2) is 5.82 Å². The van der Waals surface area contributed by atoms with Crippen LogP contribution in [0.15, 0.2) is 53.3 Å². The Bertz CT molecular complexity index is 1090. The second-order valence-electron chi connectivity index (χ2n) is 7.94. The minimum atomic E-state index is -0.267. The number of hydrogen-bond donors (Lipinski definition) is 1. The molecule has 6 nitrogen and oxygen atoms in total. The van der Waals surface area contributed by atoms with Gasteiger partial charge in [-0.15, -0.1) is 0 Å². The average molecular weight is 390 g/mol. The van der Waals surface area contributed by atoms with E-state index in [4.69, 9.17) is 0 Å². The van der Waals surface area contributed by atoms with Gasteiger partial charge < -0.3 is 10.2 Å². The minimum absolute atomic E-state index is 0.117. The van der Waals surface area contributed by atoms with Gasteiger partial charge in [0.2, 0.25) is 5.91 Å². The van der Waals surface area contributed by atoms with Crippen LogP contribution >= 0.6 is 0 Å². The van der Waals surface area contributed by atoms with E-state index in [1.807, 2.05) is 55.5 Å². The van der Waals surface area contributed by atoms with Crippen LogP contribution < -0.4 is 15.8 Å². The number of piperidine rings is 1. The molecule has 2 aromatic carbocycles. The summed E-state index contributed by atoms with van der Waals surface area (Å²) in [6.45, 7) is 5.93.